The predicted molar refractivity (Wildman–Crippen MR) is 77.5 cm³/mol. The van der Waals surface area contributed by atoms with Gasteiger partial charge >= 0.3 is 0 Å². The van der Waals surface area contributed by atoms with E-state index in [0.29, 0.717) is 0 Å². The summed E-state index contributed by atoms with van der Waals surface area (Å²) >= 11 is 5.02. The molecule has 0 spiro atoms. The quantitative estimate of drug-likeness (QED) is 0.537. The lowest BCUT2D eigenvalue weighted by Gasteiger charge is -2.00. The number of halogens is 1. The maximum Gasteiger partial charge on any atom is 0.174 e. The predicted octanol–water partition coefficient (Wildman–Crippen LogP) is 3.19. The monoisotopic (exact) mass is 331 g/mol. The van der Waals surface area contributed by atoms with Crippen LogP contribution in [0.4, 0.5) is 0 Å². The molecular weight excluding hydrogens is 326 g/mol. The van der Waals surface area contributed by atoms with E-state index in [2.05, 4.69) is 36.0 Å². The minimum Gasteiger partial charge on any atom is -0.244 e. The van der Waals surface area contributed by atoms with Crippen molar-refractivity contribution >= 4 is 47.7 Å². The Balaban J connectivity index is 2.15. The zero-order valence-electron chi connectivity index (χ0n) is 9.49. The van der Waals surface area contributed by atoms with E-state index < -0.39 is 0 Å². The summed E-state index contributed by atoms with van der Waals surface area (Å²) < 4.78 is 3.68. The van der Waals surface area contributed by atoms with Gasteiger partial charge in [0.05, 0.1) is 5.52 Å². The smallest absolute Gasteiger partial charge is 0.174 e. The third-order valence-corrected chi connectivity index (χ3v) is 4.31. The molecule has 7 heteroatoms. The van der Waals surface area contributed by atoms with Crippen molar-refractivity contribution in [3.63, 3.8) is 0 Å². The van der Waals surface area contributed by atoms with Crippen molar-refractivity contribution in [2.75, 3.05) is 0 Å². The van der Waals surface area contributed by atoms with Crippen LogP contribution < -0.4 is 0 Å². The van der Waals surface area contributed by atoms with Crippen LogP contribution in [0.5, 0.6) is 0 Å². The number of pyridine rings is 1. The molecule has 0 aliphatic rings. The molecule has 0 radical (unpaired) electrons. The Labute approximate surface area is 120 Å². The van der Waals surface area contributed by atoms with Crippen LogP contribution in [0.1, 0.15) is 0 Å². The summed E-state index contributed by atoms with van der Waals surface area (Å²) in [7, 11) is 0. The fourth-order valence-corrected chi connectivity index (χ4v) is 3.37. The Hall–Kier alpha value is -1.86. The summed E-state index contributed by atoms with van der Waals surface area (Å²) in [5, 5.41) is 5.26. The molecule has 19 heavy (non-hydrogen) atoms. The van der Waals surface area contributed by atoms with Gasteiger partial charge in [-0.05, 0) is 28.1 Å². The SMILES string of the molecule is Brc1cnc2sc3c(-n4cccn4)ncnc3c2c1. The highest BCUT2D eigenvalue weighted by Crippen LogP contribution is 2.34. The second-order valence-electron chi connectivity index (χ2n) is 3.93. The number of thiophene rings is 1. The molecule has 4 aromatic heterocycles. The van der Waals surface area contributed by atoms with Gasteiger partial charge in [-0.3, -0.25) is 0 Å². The number of hydrogen-bond donors (Lipinski definition) is 0. The normalized spacial score (nSPS) is 11.4. The third kappa shape index (κ3) is 1.66. The van der Waals surface area contributed by atoms with Crippen molar-refractivity contribution in [3.8, 4) is 5.82 Å². The highest BCUT2D eigenvalue weighted by molar-refractivity contribution is 9.10. The first-order valence-corrected chi connectivity index (χ1v) is 7.12. The average molecular weight is 332 g/mol. The maximum absolute atomic E-state index is 4.41. The molecule has 4 aromatic rings. The molecule has 5 nitrogen and oxygen atoms in total. The van der Waals surface area contributed by atoms with Crippen molar-refractivity contribution in [2.24, 2.45) is 0 Å². The lowest BCUT2D eigenvalue weighted by molar-refractivity contribution is 0.853. The van der Waals surface area contributed by atoms with Gasteiger partial charge in [0.25, 0.3) is 0 Å². The highest BCUT2D eigenvalue weighted by atomic mass is 79.9. The van der Waals surface area contributed by atoms with E-state index >= 15 is 0 Å². The van der Waals surface area contributed by atoms with E-state index in [0.717, 1.165) is 30.7 Å². The second-order valence-corrected chi connectivity index (χ2v) is 5.85. The Bertz CT molecular complexity index is 884. The summed E-state index contributed by atoms with van der Waals surface area (Å²) in [6, 6.07) is 3.90. The zero-order chi connectivity index (χ0) is 12.8. The zero-order valence-corrected chi connectivity index (χ0v) is 11.9. The lowest BCUT2D eigenvalue weighted by atomic mass is 10.3. The van der Waals surface area contributed by atoms with Crippen LogP contribution in [0.3, 0.4) is 0 Å². The first-order valence-electron chi connectivity index (χ1n) is 5.52. The van der Waals surface area contributed by atoms with E-state index in [1.165, 1.54) is 0 Å². The molecule has 0 saturated carbocycles. The Kier molecular flexibility index (Phi) is 2.36. The molecule has 4 heterocycles. The van der Waals surface area contributed by atoms with Gasteiger partial charge in [-0.15, -0.1) is 11.3 Å². The van der Waals surface area contributed by atoms with Gasteiger partial charge in [-0.2, -0.15) is 5.10 Å². The summed E-state index contributed by atoms with van der Waals surface area (Å²) in [6.45, 7) is 0. The molecule has 92 valence electrons. The van der Waals surface area contributed by atoms with Crippen LogP contribution in [-0.2, 0) is 0 Å². The largest absolute Gasteiger partial charge is 0.244 e. The van der Waals surface area contributed by atoms with Crippen molar-refractivity contribution in [1.29, 1.82) is 0 Å². The van der Waals surface area contributed by atoms with Crippen LogP contribution in [0.15, 0.2) is 41.5 Å². The molecule has 0 aliphatic heterocycles. The fourth-order valence-electron chi connectivity index (χ4n) is 1.98. The topological polar surface area (TPSA) is 56.5 Å². The van der Waals surface area contributed by atoms with Gasteiger partial charge in [-0.25, -0.2) is 19.6 Å². The minimum absolute atomic E-state index is 0.786. The molecule has 0 unspecified atom stereocenters. The summed E-state index contributed by atoms with van der Waals surface area (Å²) in [6.07, 6.45) is 6.96. The van der Waals surface area contributed by atoms with Crippen LogP contribution in [0.2, 0.25) is 0 Å². The fraction of sp³-hybridized carbons (Fsp3) is 0. The van der Waals surface area contributed by atoms with E-state index in [1.54, 1.807) is 34.7 Å². The Morgan fingerprint density at radius 2 is 2.16 bits per heavy atom. The van der Waals surface area contributed by atoms with Gasteiger partial charge in [-0.1, -0.05) is 0 Å². The Morgan fingerprint density at radius 1 is 1.21 bits per heavy atom. The number of fused-ring (bicyclic) bond motifs is 3. The molecule has 0 aliphatic carbocycles. The van der Waals surface area contributed by atoms with Gasteiger partial charge < -0.3 is 0 Å². The summed E-state index contributed by atoms with van der Waals surface area (Å²) in [5.41, 5.74) is 0.911. The molecule has 0 saturated heterocycles. The molecule has 0 fully saturated rings. The first kappa shape index (κ1) is 11.0. The van der Waals surface area contributed by atoms with E-state index in [1.807, 2.05) is 18.3 Å². The first-order chi connectivity index (χ1) is 9.33. The van der Waals surface area contributed by atoms with E-state index in [-0.39, 0.29) is 0 Å². The molecule has 0 aromatic carbocycles. The van der Waals surface area contributed by atoms with Gasteiger partial charge in [0, 0.05) is 28.4 Å². The van der Waals surface area contributed by atoms with Crippen molar-refractivity contribution in [2.45, 2.75) is 0 Å². The molecule has 0 amide bonds. The van der Waals surface area contributed by atoms with Crippen molar-refractivity contribution in [1.82, 2.24) is 24.7 Å². The van der Waals surface area contributed by atoms with Gasteiger partial charge in [0.15, 0.2) is 5.82 Å². The molecule has 4 rings (SSSR count). The maximum atomic E-state index is 4.41. The standard InChI is InChI=1S/C12H6BrN5S/c13-7-4-8-9-10(19-12(8)14-5-7)11(16-6-15-9)18-3-1-2-17-18/h1-6H. The Morgan fingerprint density at radius 3 is 3.00 bits per heavy atom. The minimum atomic E-state index is 0.786. The molecule has 0 bridgehead atoms. The molecule has 0 atom stereocenters. The van der Waals surface area contributed by atoms with Crippen LogP contribution >= 0.6 is 27.3 Å². The number of aromatic nitrogens is 5. The summed E-state index contributed by atoms with van der Waals surface area (Å²) in [4.78, 5) is 14.1. The average Bonchev–Trinajstić information content (AvgIpc) is 3.05. The molecular formula is C12H6BrN5S. The summed E-state index contributed by atoms with van der Waals surface area (Å²) in [5.74, 6) is 0.786. The van der Waals surface area contributed by atoms with Gasteiger partial charge in [0.2, 0.25) is 0 Å². The lowest BCUT2D eigenvalue weighted by Crippen LogP contribution is -1.98. The number of rotatable bonds is 1. The van der Waals surface area contributed by atoms with Gasteiger partial charge in [0.1, 0.15) is 15.9 Å². The van der Waals surface area contributed by atoms with Crippen molar-refractivity contribution < 1.29 is 0 Å². The van der Waals surface area contributed by atoms with Crippen molar-refractivity contribution in [3.05, 3.63) is 41.5 Å². The molecule has 0 N–H and O–H groups in total. The number of nitrogens with zero attached hydrogens (tertiary/aromatic N) is 5. The van der Waals surface area contributed by atoms with E-state index in [9.17, 15) is 0 Å². The van der Waals surface area contributed by atoms with Crippen LogP contribution in [0, 0.1) is 0 Å². The van der Waals surface area contributed by atoms with Crippen LogP contribution in [0.25, 0.3) is 26.3 Å². The second kappa shape index (κ2) is 4.07. The number of hydrogen-bond acceptors (Lipinski definition) is 5. The van der Waals surface area contributed by atoms with Crippen LogP contribution in [-0.4, -0.2) is 24.7 Å². The van der Waals surface area contributed by atoms with E-state index in [4.69, 9.17) is 0 Å². The highest BCUT2D eigenvalue weighted by Gasteiger charge is 2.13. The third-order valence-electron chi connectivity index (χ3n) is 2.78.